The van der Waals surface area contributed by atoms with E-state index in [2.05, 4.69) is 10.3 Å². The van der Waals surface area contributed by atoms with Gasteiger partial charge in [0.1, 0.15) is 16.7 Å². The van der Waals surface area contributed by atoms with Crippen LogP contribution in [-0.2, 0) is 19.2 Å². The number of nitrogens with zero attached hydrogens (tertiary/aromatic N) is 1. The number of amidine groups is 1. The highest BCUT2D eigenvalue weighted by molar-refractivity contribution is 8.15. The van der Waals surface area contributed by atoms with Gasteiger partial charge in [0.15, 0.2) is 5.17 Å². The molecule has 0 radical (unpaired) electrons. The van der Waals surface area contributed by atoms with E-state index >= 15 is 0 Å². The fraction of sp³-hybridized carbons (Fsp3) is 0.267. The second-order valence-corrected chi connectivity index (χ2v) is 6.25. The first-order chi connectivity index (χ1) is 11.7. The summed E-state index contributed by atoms with van der Waals surface area (Å²) in [5, 5.41) is 2.00. The van der Waals surface area contributed by atoms with Gasteiger partial charge in [-0.1, -0.05) is 11.8 Å². The van der Waals surface area contributed by atoms with E-state index in [9.17, 15) is 19.2 Å². The normalized spacial score (nSPS) is 16.2. The SMILES string of the molecule is CC(=O)Oc1cc(NC(=O)C[C@H]2SC(N)=NC2=O)cc(OC(C)=O)c1. The minimum absolute atomic E-state index is 0.0976. The van der Waals surface area contributed by atoms with Crippen molar-refractivity contribution < 1.29 is 28.7 Å². The molecule has 10 heteroatoms. The van der Waals surface area contributed by atoms with Crippen molar-refractivity contribution >= 4 is 46.4 Å². The van der Waals surface area contributed by atoms with E-state index in [1.165, 1.54) is 32.0 Å². The molecule has 0 saturated carbocycles. The van der Waals surface area contributed by atoms with Crippen molar-refractivity contribution in [3.8, 4) is 11.5 Å². The molecule has 0 aliphatic carbocycles. The number of rotatable bonds is 5. The fourth-order valence-electron chi connectivity index (χ4n) is 2.01. The molecule has 2 amide bonds. The standard InChI is InChI=1S/C15H15N3O6S/c1-7(19)23-10-3-9(4-11(5-10)24-8(2)20)17-13(21)6-12-14(22)18-15(16)25-12/h3-5,12H,6H2,1-2H3,(H,17,21)(H2,16,18,22)/t12-/m1/s1. The molecular weight excluding hydrogens is 350 g/mol. The number of aliphatic imine (C=N–C) groups is 1. The molecule has 0 unspecified atom stereocenters. The Labute approximate surface area is 146 Å². The summed E-state index contributed by atoms with van der Waals surface area (Å²) in [6.45, 7) is 2.42. The van der Waals surface area contributed by atoms with Crippen molar-refractivity contribution in [1.82, 2.24) is 0 Å². The number of nitrogens with one attached hydrogen (secondary N) is 1. The van der Waals surface area contributed by atoms with Gasteiger partial charge < -0.3 is 20.5 Å². The highest BCUT2D eigenvalue weighted by Gasteiger charge is 2.29. The largest absolute Gasteiger partial charge is 0.427 e. The van der Waals surface area contributed by atoms with Gasteiger partial charge in [-0.05, 0) is 0 Å². The zero-order chi connectivity index (χ0) is 18.6. The monoisotopic (exact) mass is 365 g/mol. The van der Waals surface area contributed by atoms with E-state index in [1.807, 2.05) is 0 Å². The third kappa shape index (κ3) is 5.60. The second-order valence-electron chi connectivity index (χ2n) is 5.03. The first-order valence-electron chi connectivity index (χ1n) is 7.09. The van der Waals surface area contributed by atoms with Crippen LogP contribution in [-0.4, -0.2) is 34.2 Å². The van der Waals surface area contributed by atoms with Gasteiger partial charge in [-0.2, -0.15) is 4.99 Å². The first-order valence-corrected chi connectivity index (χ1v) is 7.97. The van der Waals surface area contributed by atoms with Crippen LogP contribution in [0.25, 0.3) is 0 Å². The van der Waals surface area contributed by atoms with Gasteiger partial charge in [0.25, 0.3) is 5.91 Å². The molecule has 2 rings (SSSR count). The number of hydrogen-bond donors (Lipinski definition) is 2. The molecule has 9 nitrogen and oxygen atoms in total. The number of amides is 2. The predicted molar refractivity (Wildman–Crippen MR) is 90.3 cm³/mol. The van der Waals surface area contributed by atoms with E-state index in [4.69, 9.17) is 15.2 Å². The van der Waals surface area contributed by atoms with Crippen LogP contribution >= 0.6 is 11.8 Å². The minimum atomic E-state index is -0.676. The maximum Gasteiger partial charge on any atom is 0.308 e. The summed E-state index contributed by atoms with van der Waals surface area (Å²) in [6, 6.07) is 4.12. The van der Waals surface area contributed by atoms with Crippen molar-refractivity contribution in [1.29, 1.82) is 0 Å². The van der Waals surface area contributed by atoms with E-state index in [-0.39, 0.29) is 28.8 Å². The minimum Gasteiger partial charge on any atom is -0.427 e. The van der Waals surface area contributed by atoms with Crippen LogP contribution in [0.1, 0.15) is 20.3 Å². The molecule has 1 atom stereocenters. The lowest BCUT2D eigenvalue weighted by Crippen LogP contribution is -2.21. The molecule has 3 N–H and O–H groups in total. The van der Waals surface area contributed by atoms with Gasteiger partial charge in [0.2, 0.25) is 5.91 Å². The Bertz CT molecular complexity index is 742. The summed E-state index contributed by atoms with van der Waals surface area (Å²) in [4.78, 5) is 49.4. The molecule has 0 spiro atoms. The summed E-state index contributed by atoms with van der Waals surface area (Å²) < 4.78 is 9.90. The van der Waals surface area contributed by atoms with E-state index < -0.39 is 29.0 Å². The number of benzene rings is 1. The van der Waals surface area contributed by atoms with Crippen LogP contribution in [0, 0.1) is 0 Å². The maximum atomic E-state index is 12.1. The Morgan fingerprint density at radius 1 is 1.16 bits per heavy atom. The molecule has 1 heterocycles. The summed E-state index contributed by atoms with van der Waals surface area (Å²) >= 11 is 1.01. The van der Waals surface area contributed by atoms with Gasteiger partial charge in [-0.15, -0.1) is 0 Å². The molecule has 1 aliphatic rings. The van der Waals surface area contributed by atoms with Crippen molar-refractivity contribution in [2.45, 2.75) is 25.5 Å². The van der Waals surface area contributed by atoms with Gasteiger partial charge in [0, 0.05) is 44.2 Å². The van der Waals surface area contributed by atoms with Crippen molar-refractivity contribution in [3.05, 3.63) is 18.2 Å². The molecule has 25 heavy (non-hydrogen) atoms. The summed E-state index contributed by atoms with van der Waals surface area (Å²) in [5.41, 5.74) is 5.68. The number of hydrogen-bond acceptors (Lipinski definition) is 8. The highest BCUT2D eigenvalue weighted by atomic mass is 32.2. The Kier molecular flexibility index (Phi) is 5.75. The quantitative estimate of drug-likeness (QED) is 0.578. The Hall–Kier alpha value is -2.88. The van der Waals surface area contributed by atoms with Gasteiger partial charge in [-0.25, -0.2) is 0 Å². The lowest BCUT2D eigenvalue weighted by atomic mass is 10.2. The van der Waals surface area contributed by atoms with E-state index in [0.717, 1.165) is 11.8 Å². The number of thioether (sulfide) groups is 1. The van der Waals surface area contributed by atoms with Crippen LogP contribution in [0.4, 0.5) is 5.69 Å². The van der Waals surface area contributed by atoms with Crippen molar-refractivity contribution in [2.75, 3.05) is 5.32 Å². The molecule has 132 valence electrons. The number of anilines is 1. The van der Waals surface area contributed by atoms with Crippen LogP contribution in [0.2, 0.25) is 0 Å². The maximum absolute atomic E-state index is 12.1. The average molecular weight is 365 g/mol. The first kappa shape index (κ1) is 18.5. The van der Waals surface area contributed by atoms with E-state index in [0.29, 0.717) is 0 Å². The smallest absolute Gasteiger partial charge is 0.308 e. The second kappa shape index (κ2) is 7.79. The number of carbonyl (C=O) groups is 4. The number of esters is 2. The van der Waals surface area contributed by atoms with Crippen LogP contribution in [0.15, 0.2) is 23.2 Å². The zero-order valence-corrected chi connectivity index (χ0v) is 14.2. The third-order valence-electron chi connectivity index (χ3n) is 2.82. The molecule has 0 fully saturated rings. The molecule has 1 aliphatic heterocycles. The Morgan fingerprint density at radius 3 is 2.16 bits per heavy atom. The summed E-state index contributed by atoms with van der Waals surface area (Å²) in [5.74, 6) is -1.88. The molecule has 0 bridgehead atoms. The van der Waals surface area contributed by atoms with Crippen molar-refractivity contribution in [2.24, 2.45) is 10.7 Å². The lowest BCUT2D eigenvalue weighted by Gasteiger charge is -2.11. The van der Waals surface area contributed by atoms with Gasteiger partial charge in [0.05, 0.1) is 0 Å². The number of ether oxygens (including phenoxy) is 2. The molecular formula is C15H15N3O6S. The Balaban J connectivity index is 2.11. The number of nitrogens with two attached hydrogens (primary N) is 1. The van der Waals surface area contributed by atoms with Crippen molar-refractivity contribution in [3.63, 3.8) is 0 Å². The summed E-state index contributed by atoms with van der Waals surface area (Å²) in [6.07, 6.45) is -0.131. The number of carbonyl (C=O) groups excluding carboxylic acids is 4. The topological polar surface area (TPSA) is 137 Å². The van der Waals surface area contributed by atoms with Gasteiger partial charge in [-0.3, -0.25) is 19.2 Å². The lowest BCUT2D eigenvalue weighted by molar-refractivity contribution is -0.132. The van der Waals surface area contributed by atoms with Crippen LogP contribution < -0.4 is 20.5 Å². The fourth-order valence-corrected chi connectivity index (χ4v) is 2.83. The Morgan fingerprint density at radius 2 is 1.72 bits per heavy atom. The van der Waals surface area contributed by atoms with Crippen LogP contribution in [0.5, 0.6) is 11.5 Å². The average Bonchev–Trinajstić information content (AvgIpc) is 2.74. The zero-order valence-electron chi connectivity index (χ0n) is 13.4. The highest BCUT2D eigenvalue weighted by Crippen LogP contribution is 2.28. The third-order valence-corrected chi connectivity index (χ3v) is 3.80. The summed E-state index contributed by atoms with van der Waals surface area (Å²) in [7, 11) is 0. The molecule has 1 aromatic rings. The van der Waals surface area contributed by atoms with Gasteiger partial charge >= 0.3 is 11.9 Å². The van der Waals surface area contributed by atoms with Crippen LogP contribution in [0.3, 0.4) is 0 Å². The molecule has 0 saturated heterocycles. The molecule has 1 aromatic carbocycles. The van der Waals surface area contributed by atoms with E-state index in [1.54, 1.807) is 0 Å². The predicted octanol–water partition coefficient (Wildman–Crippen LogP) is 0.822. The molecule has 0 aromatic heterocycles.